The van der Waals surface area contributed by atoms with Crippen LogP contribution in [0.5, 0.6) is 5.75 Å². The first-order chi connectivity index (χ1) is 15.4. The number of nitrogens with zero attached hydrogens (tertiary/aromatic N) is 1. The second-order valence-corrected chi connectivity index (χ2v) is 7.74. The van der Waals surface area contributed by atoms with E-state index in [2.05, 4.69) is 15.8 Å². The van der Waals surface area contributed by atoms with E-state index in [1.165, 1.54) is 6.21 Å². The third kappa shape index (κ3) is 6.83. The largest absolute Gasteiger partial charge is 0.489 e. The molecule has 3 aromatic carbocycles. The SMILES string of the molecule is Cc1ccc(CNC(=O)C(=O)N/N=C\c2ccc(OCc3c(Cl)cccc3Cl)cc2)cc1. The van der Waals surface area contributed by atoms with Gasteiger partial charge in [0.1, 0.15) is 12.4 Å². The molecule has 3 aromatic rings. The minimum absolute atomic E-state index is 0.236. The van der Waals surface area contributed by atoms with Crippen molar-refractivity contribution in [2.24, 2.45) is 5.10 Å². The number of hydrogen-bond acceptors (Lipinski definition) is 4. The Morgan fingerprint density at radius 1 is 0.938 bits per heavy atom. The van der Waals surface area contributed by atoms with E-state index in [9.17, 15) is 9.59 Å². The van der Waals surface area contributed by atoms with Crippen molar-refractivity contribution in [2.45, 2.75) is 20.1 Å². The number of carbonyl (C=O) groups is 2. The van der Waals surface area contributed by atoms with Crippen molar-refractivity contribution >= 4 is 41.2 Å². The van der Waals surface area contributed by atoms with E-state index in [-0.39, 0.29) is 13.2 Å². The Labute approximate surface area is 196 Å². The number of ether oxygens (including phenoxy) is 1. The molecule has 0 spiro atoms. The molecule has 0 aliphatic carbocycles. The lowest BCUT2D eigenvalue weighted by molar-refractivity contribution is -0.139. The number of aryl methyl sites for hydroxylation is 1. The summed E-state index contributed by atoms with van der Waals surface area (Å²) in [5.74, 6) is -0.979. The van der Waals surface area contributed by atoms with Crippen molar-refractivity contribution in [3.05, 3.63) is 99.0 Å². The number of nitrogens with one attached hydrogen (secondary N) is 2. The lowest BCUT2D eigenvalue weighted by atomic mass is 10.1. The Morgan fingerprint density at radius 3 is 2.25 bits per heavy atom. The number of amides is 2. The second-order valence-electron chi connectivity index (χ2n) is 6.93. The average Bonchev–Trinajstić information content (AvgIpc) is 2.79. The first kappa shape index (κ1) is 23.3. The topological polar surface area (TPSA) is 79.8 Å². The summed E-state index contributed by atoms with van der Waals surface area (Å²) in [6, 6.07) is 20.0. The summed E-state index contributed by atoms with van der Waals surface area (Å²) in [7, 11) is 0. The molecule has 0 aromatic heterocycles. The van der Waals surface area contributed by atoms with Gasteiger partial charge in [-0.15, -0.1) is 0 Å². The Hall–Kier alpha value is -3.35. The molecular formula is C24H21Cl2N3O3. The van der Waals surface area contributed by atoms with Crippen molar-refractivity contribution in [3.8, 4) is 5.75 Å². The molecule has 0 aliphatic heterocycles. The van der Waals surface area contributed by atoms with E-state index >= 15 is 0 Å². The third-order valence-corrected chi connectivity index (χ3v) is 5.19. The molecule has 164 valence electrons. The predicted molar refractivity (Wildman–Crippen MR) is 126 cm³/mol. The van der Waals surface area contributed by atoms with Crippen molar-refractivity contribution in [1.82, 2.24) is 10.7 Å². The molecule has 3 rings (SSSR count). The van der Waals surface area contributed by atoms with Gasteiger partial charge in [0.15, 0.2) is 0 Å². The van der Waals surface area contributed by atoms with Gasteiger partial charge in [-0.25, -0.2) is 5.43 Å². The van der Waals surface area contributed by atoms with Gasteiger partial charge < -0.3 is 10.1 Å². The quantitative estimate of drug-likeness (QED) is 0.300. The predicted octanol–water partition coefficient (Wildman–Crippen LogP) is 4.65. The van der Waals surface area contributed by atoms with E-state index < -0.39 is 11.8 Å². The maximum Gasteiger partial charge on any atom is 0.329 e. The normalized spacial score (nSPS) is 10.7. The molecular weight excluding hydrogens is 449 g/mol. The second kappa shape index (κ2) is 11.3. The average molecular weight is 470 g/mol. The van der Waals surface area contributed by atoms with E-state index in [1.54, 1.807) is 42.5 Å². The Morgan fingerprint density at radius 2 is 1.59 bits per heavy atom. The van der Waals surface area contributed by atoms with Crippen LogP contribution in [-0.2, 0) is 22.7 Å². The molecule has 0 radical (unpaired) electrons. The Kier molecular flexibility index (Phi) is 8.25. The van der Waals surface area contributed by atoms with Crippen LogP contribution in [0.25, 0.3) is 0 Å². The smallest absolute Gasteiger partial charge is 0.329 e. The van der Waals surface area contributed by atoms with Gasteiger partial charge in [-0.3, -0.25) is 9.59 Å². The molecule has 0 saturated heterocycles. The molecule has 0 unspecified atom stereocenters. The zero-order chi connectivity index (χ0) is 22.9. The maximum atomic E-state index is 11.9. The Balaban J connectivity index is 1.45. The standard InChI is InChI=1S/C24H21Cl2N3O3/c1-16-5-7-17(8-6-16)13-27-23(30)24(31)29-28-14-18-9-11-19(12-10-18)32-15-20-21(25)3-2-4-22(20)26/h2-12,14H,13,15H2,1H3,(H,27,30)(H,29,31)/b28-14-. The summed E-state index contributed by atoms with van der Waals surface area (Å²) >= 11 is 12.3. The highest BCUT2D eigenvalue weighted by Crippen LogP contribution is 2.25. The number of rotatable bonds is 7. The molecule has 0 saturated carbocycles. The van der Waals surface area contributed by atoms with Crippen LogP contribution in [0.1, 0.15) is 22.3 Å². The summed E-state index contributed by atoms with van der Waals surface area (Å²) in [5, 5.41) is 7.45. The van der Waals surface area contributed by atoms with Crippen LogP contribution in [0, 0.1) is 6.92 Å². The molecule has 2 N–H and O–H groups in total. The van der Waals surface area contributed by atoms with Crippen molar-refractivity contribution in [1.29, 1.82) is 0 Å². The summed E-state index contributed by atoms with van der Waals surface area (Å²) < 4.78 is 5.72. The van der Waals surface area contributed by atoms with Crippen LogP contribution in [0.4, 0.5) is 0 Å². The van der Waals surface area contributed by atoms with Gasteiger partial charge in [-0.05, 0) is 54.4 Å². The van der Waals surface area contributed by atoms with Gasteiger partial charge in [0, 0.05) is 22.2 Å². The zero-order valence-corrected chi connectivity index (χ0v) is 18.8. The number of hydrazone groups is 1. The van der Waals surface area contributed by atoms with Gasteiger partial charge in [0.25, 0.3) is 0 Å². The van der Waals surface area contributed by atoms with Crippen LogP contribution in [0.15, 0.2) is 71.8 Å². The molecule has 0 bridgehead atoms. The van der Waals surface area contributed by atoms with Crippen molar-refractivity contribution in [2.75, 3.05) is 0 Å². The Bertz CT molecular complexity index is 1090. The van der Waals surface area contributed by atoms with E-state index in [0.29, 0.717) is 26.9 Å². The van der Waals surface area contributed by atoms with Crippen LogP contribution in [0.2, 0.25) is 10.0 Å². The molecule has 0 aliphatic rings. The number of hydrogen-bond donors (Lipinski definition) is 2. The summed E-state index contributed by atoms with van der Waals surface area (Å²) in [6.45, 7) is 2.47. The van der Waals surface area contributed by atoms with E-state index in [1.807, 2.05) is 31.2 Å². The molecule has 6 nitrogen and oxygen atoms in total. The van der Waals surface area contributed by atoms with Crippen LogP contribution in [-0.4, -0.2) is 18.0 Å². The van der Waals surface area contributed by atoms with Gasteiger partial charge >= 0.3 is 11.8 Å². The van der Waals surface area contributed by atoms with Gasteiger partial charge in [-0.2, -0.15) is 5.10 Å². The number of carbonyl (C=O) groups excluding carboxylic acids is 2. The van der Waals surface area contributed by atoms with Gasteiger partial charge in [0.2, 0.25) is 0 Å². The maximum absolute atomic E-state index is 11.9. The third-order valence-electron chi connectivity index (χ3n) is 4.48. The van der Waals surface area contributed by atoms with E-state index in [0.717, 1.165) is 11.1 Å². The summed E-state index contributed by atoms with van der Waals surface area (Å²) in [4.78, 5) is 23.7. The van der Waals surface area contributed by atoms with Crippen LogP contribution < -0.4 is 15.5 Å². The van der Waals surface area contributed by atoms with Crippen LogP contribution >= 0.6 is 23.2 Å². The minimum Gasteiger partial charge on any atom is -0.489 e. The minimum atomic E-state index is -0.843. The fourth-order valence-electron chi connectivity index (χ4n) is 2.66. The molecule has 0 atom stereocenters. The molecule has 2 amide bonds. The lowest BCUT2D eigenvalue weighted by Gasteiger charge is -2.09. The first-order valence-corrected chi connectivity index (χ1v) is 10.5. The van der Waals surface area contributed by atoms with Crippen molar-refractivity contribution < 1.29 is 14.3 Å². The number of halogens is 2. The van der Waals surface area contributed by atoms with E-state index in [4.69, 9.17) is 27.9 Å². The van der Waals surface area contributed by atoms with Gasteiger partial charge in [0.05, 0.1) is 6.21 Å². The number of benzene rings is 3. The zero-order valence-electron chi connectivity index (χ0n) is 17.3. The highest BCUT2D eigenvalue weighted by molar-refractivity contribution is 6.36. The lowest BCUT2D eigenvalue weighted by Crippen LogP contribution is -2.37. The van der Waals surface area contributed by atoms with Gasteiger partial charge in [-0.1, -0.05) is 59.1 Å². The summed E-state index contributed by atoms with van der Waals surface area (Å²) in [5.41, 5.74) is 5.66. The fourth-order valence-corrected chi connectivity index (χ4v) is 3.17. The van der Waals surface area contributed by atoms with Crippen molar-refractivity contribution in [3.63, 3.8) is 0 Å². The molecule has 8 heteroatoms. The molecule has 32 heavy (non-hydrogen) atoms. The molecule has 0 fully saturated rings. The first-order valence-electron chi connectivity index (χ1n) is 9.75. The van der Waals surface area contributed by atoms with Crippen LogP contribution in [0.3, 0.4) is 0 Å². The highest BCUT2D eigenvalue weighted by Gasteiger charge is 2.12. The highest BCUT2D eigenvalue weighted by atomic mass is 35.5. The monoisotopic (exact) mass is 469 g/mol. The fraction of sp³-hybridized carbons (Fsp3) is 0.125. The molecule has 0 heterocycles. The summed E-state index contributed by atoms with van der Waals surface area (Å²) in [6.07, 6.45) is 1.43.